The van der Waals surface area contributed by atoms with Gasteiger partial charge in [-0.25, -0.2) is 0 Å². The molecule has 0 saturated heterocycles. The predicted octanol–water partition coefficient (Wildman–Crippen LogP) is -6.29. The summed E-state index contributed by atoms with van der Waals surface area (Å²) in [5.74, 6) is 0. The molecule has 0 aromatic heterocycles. The van der Waals surface area contributed by atoms with Crippen molar-refractivity contribution in [1.29, 1.82) is 0 Å². The van der Waals surface area contributed by atoms with Crippen molar-refractivity contribution < 1.29 is 106 Å². The van der Waals surface area contributed by atoms with Crippen molar-refractivity contribution >= 4 is 277 Å². The van der Waals surface area contributed by atoms with E-state index in [4.69, 9.17) is 0 Å². The van der Waals surface area contributed by atoms with E-state index >= 15 is 0 Å². The van der Waals surface area contributed by atoms with Crippen LogP contribution >= 0.6 is 24.0 Å². The molecule has 0 bridgehead atoms. The molecule has 0 unspecified atom stereocenters. The maximum atomic E-state index is 1.25. The molecule has 0 heterocycles. The van der Waals surface area contributed by atoms with Gasteiger partial charge in [-0.05, 0) is 0 Å². The summed E-state index contributed by atoms with van der Waals surface area (Å²) in [4.78, 5) is 0. The van der Waals surface area contributed by atoms with Gasteiger partial charge in [0.15, 0.2) is 0 Å². The SMILES string of the molecule is C.C.C.I.[H-].[H-].[K+].[K+].[K][K].[K][K].[K][K].[K][K]. The van der Waals surface area contributed by atoms with E-state index in [1.165, 1.54) is 253 Å². The first-order chi connectivity index (χ1) is 4.00. The summed E-state index contributed by atoms with van der Waals surface area (Å²) in [6.07, 6.45) is 0. The molecular weight excluding hydrogens is 554 g/mol. The van der Waals surface area contributed by atoms with Crippen LogP contribution in [0.15, 0.2) is 0 Å². The Balaban J connectivity index is -0.00000000114. The topological polar surface area (TPSA) is 0 Å². The summed E-state index contributed by atoms with van der Waals surface area (Å²) >= 11 is 10.0. The van der Waals surface area contributed by atoms with Crippen LogP contribution < -0.4 is 103 Å². The zero-order valence-corrected chi connectivity index (χ0v) is 44.0. The summed E-state index contributed by atoms with van der Waals surface area (Å²) in [5.41, 5.74) is 0. The molecule has 0 aliphatic carbocycles. The molecule has 0 radical (unpaired) electrons. The van der Waals surface area contributed by atoms with E-state index in [1.54, 1.807) is 0 Å². The van der Waals surface area contributed by atoms with Gasteiger partial charge in [-0.2, -0.15) is 0 Å². The van der Waals surface area contributed by atoms with Crippen LogP contribution in [-0.2, 0) is 0 Å². The Morgan fingerprint density at radius 2 is 0.429 bits per heavy atom. The minimum atomic E-state index is 0. The third-order valence-electron chi connectivity index (χ3n) is 0. The molecule has 14 heavy (non-hydrogen) atoms. The van der Waals surface area contributed by atoms with Gasteiger partial charge in [0.05, 0.1) is 0 Å². The van der Waals surface area contributed by atoms with Gasteiger partial charge in [0.25, 0.3) is 0 Å². The number of hydrogen-bond acceptors (Lipinski definition) is 0. The minimum absolute atomic E-state index is 0. The Morgan fingerprint density at radius 1 is 0.429 bits per heavy atom. The Bertz CT molecular complexity index is 24.0. The number of halogens is 1. The molecule has 0 rings (SSSR count). The van der Waals surface area contributed by atoms with Crippen molar-refractivity contribution in [3.8, 4) is 0 Å². The second-order valence-electron chi connectivity index (χ2n) is 0. The molecule has 0 spiro atoms. The molecule has 11 heteroatoms. The molecular formula is C3H15IK10. The first-order valence-electron chi connectivity index (χ1n) is 4.00. The van der Waals surface area contributed by atoms with Gasteiger partial charge in [-0.1, -0.05) is 22.3 Å². The van der Waals surface area contributed by atoms with Crippen molar-refractivity contribution in [1.82, 2.24) is 0 Å². The van der Waals surface area contributed by atoms with E-state index in [9.17, 15) is 0 Å². The maximum absolute atomic E-state index is 1.25. The molecule has 0 saturated carbocycles. The van der Waals surface area contributed by atoms with Crippen LogP contribution in [0.25, 0.3) is 0 Å². The van der Waals surface area contributed by atoms with Crippen molar-refractivity contribution in [3.05, 3.63) is 0 Å². The van der Waals surface area contributed by atoms with Gasteiger partial charge in [0.1, 0.15) is 0 Å². The zero-order valence-electron chi connectivity index (χ0n) is 12.4. The van der Waals surface area contributed by atoms with Crippen LogP contribution in [0.3, 0.4) is 0 Å². The Labute approximate surface area is 380 Å². The van der Waals surface area contributed by atoms with Gasteiger partial charge >= 0.3 is 355 Å². The van der Waals surface area contributed by atoms with Crippen molar-refractivity contribution in [2.24, 2.45) is 0 Å². The van der Waals surface area contributed by atoms with E-state index in [0.717, 1.165) is 0 Å². The average molecular weight is 569 g/mol. The van der Waals surface area contributed by atoms with Crippen molar-refractivity contribution in [3.63, 3.8) is 0 Å². The zero-order chi connectivity index (χ0) is 8.00. The van der Waals surface area contributed by atoms with E-state index in [2.05, 4.69) is 0 Å². The molecule has 0 aliphatic rings. The monoisotopic (exact) mass is 568 g/mol. The third-order valence-corrected chi connectivity index (χ3v) is 0. The first kappa shape index (κ1) is 63.3. The van der Waals surface area contributed by atoms with Crippen LogP contribution in [0.1, 0.15) is 25.1 Å². The van der Waals surface area contributed by atoms with E-state index < -0.39 is 0 Å². The molecule has 44 valence electrons. The van der Waals surface area contributed by atoms with Gasteiger partial charge in [0.2, 0.25) is 0 Å². The Hall–Kier alpha value is 17.1. The average Bonchev–Trinajstić information content (AvgIpc) is 2.03. The van der Waals surface area contributed by atoms with E-state index in [0.29, 0.717) is 0 Å². The standard InChI is InChI=1S/3CH4.HI.10K.2H/h3*1H4;1H;;;;;;;;;;;;/q;;;;;;;;;;;;2*+1;2*-1. The molecule has 0 aromatic rings. The third kappa shape index (κ3) is 78.6. The summed E-state index contributed by atoms with van der Waals surface area (Å²) in [7, 11) is 0. The Morgan fingerprint density at radius 3 is 0.429 bits per heavy atom. The first-order valence-corrected chi connectivity index (χ1v) is 68.0. The van der Waals surface area contributed by atoms with Crippen molar-refractivity contribution in [2.45, 2.75) is 22.3 Å². The fourth-order valence-electron chi connectivity index (χ4n) is 0. The molecule has 0 aromatic carbocycles. The van der Waals surface area contributed by atoms with E-state index in [1.807, 2.05) is 0 Å². The van der Waals surface area contributed by atoms with Crippen LogP contribution in [0.4, 0.5) is 0 Å². The summed E-state index contributed by atoms with van der Waals surface area (Å²) in [5, 5.41) is 0. The van der Waals surface area contributed by atoms with Gasteiger partial charge in [-0.3, -0.25) is 0 Å². The predicted molar refractivity (Wildman–Crippen MR) is 83.9 cm³/mol. The molecule has 0 atom stereocenters. The summed E-state index contributed by atoms with van der Waals surface area (Å²) in [6, 6.07) is 0. The number of rotatable bonds is 0. The molecule has 0 N–H and O–H groups in total. The molecule has 0 amide bonds. The van der Waals surface area contributed by atoms with Gasteiger partial charge < -0.3 is 2.85 Å². The Kier molecular flexibility index (Phi) is 394. The van der Waals surface area contributed by atoms with E-state index in [-0.39, 0.29) is 152 Å². The van der Waals surface area contributed by atoms with Crippen LogP contribution in [-0.4, -0.2) is 253 Å². The van der Waals surface area contributed by atoms with Gasteiger partial charge in [0, 0.05) is 0 Å². The second-order valence-corrected chi connectivity index (χ2v) is 0. The fourth-order valence-corrected chi connectivity index (χ4v) is 0. The molecule has 0 nitrogen and oxygen atoms in total. The van der Waals surface area contributed by atoms with Crippen LogP contribution in [0, 0.1) is 0 Å². The summed E-state index contributed by atoms with van der Waals surface area (Å²) in [6.45, 7) is 0. The van der Waals surface area contributed by atoms with Crippen LogP contribution in [0.5, 0.6) is 0 Å². The second kappa shape index (κ2) is 87.2. The molecule has 0 aliphatic heterocycles. The summed E-state index contributed by atoms with van der Waals surface area (Å²) < 4.78 is 0. The quantitative estimate of drug-likeness (QED) is 0.202. The normalized spacial score (nSPS) is 2.29. The molecule has 0 fully saturated rings. The number of hydrogen-bond donors (Lipinski definition) is 0. The fraction of sp³-hybridized carbons (Fsp3) is 1.00. The van der Waals surface area contributed by atoms with Crippen LogP contribution in [0.2, 0.25) is 0 Å². The van der Waals surface area contributed by atoms with Crippen molar-refractivity contribution in [2.75, 3.05) is 0 Å². The van der Waals surface area contributed by atoms with Gasteiger partial charge in [-0.15, -0.1) is 24.0 Å².